The van der Waals surface area contributed by atoms with Crippen LogP contribution >= 0.6 is 0 Å². The number of carbonyl (C=O) groups is 2. The highest BCUT2D eigenvalue weighted by atomic mass is 19.1. The van der Waals surface area contributed by atoms with Gasteiger partial charge in [0.05, 0.1) is 11.6 Å². The predicted molar refractivity (Wildman–Crippen MR) is 101 cm³/mol. The summed E-state index contributed by atoms with van der Waals surface area (Å²) in [6.45, 7) is 2.47. The van der Waals surface area contributed by atoms with Gasteiger partial charge in [-0.1, -0.05) is 37.6 Å². The maximum absolute atomic E-state index is 13.7. The number of hydrogen-bond donors (Lipinski definition) is 1. The van der Waals surface area contributed by atoms with Gasteiger partial charge in [0.2, 0.25) is 11.8 Å². The molecule has 0 aliphatic carbocycles. The molecule has 2 aromatic rings. The normalized spacial score (nSPS) is 16.8. The highest BCUT2D eigenvalue weighted by Gasteiger charge is 2.35. The van der Waals surface area contributed by atoms with E-state index in [1.807, 2.05) is 24.3 Å². The van der Waals surface area contributed by atoms with Crippen LogP contribution < -0.4 is 10.2 Å². The van der Waals surface area contributed by atoms with Crippen molar-refractivity contribution in [1.29, 1.82) is 0 Å². The number of nitrogens with zero attached hydrogens (tertiary/aromatic N) is 1. The first-order valence-corrected chi connectivity index (χ1v) is 9.03. The SMILES string of the molecule is CCCCc1ccc(N2C[C@@H](C(=O)Nc3ccccc3F)CC2=O)cc1. The maximum Gasteiger partial charge on any atom is 0.229 e. The van der Waals surface area contributed by atoms with Crippen molar-refractivity contribution in [2.24, 2.45) is 5.92 Å². The predicted octanol–water partition coefficient (Wildman–Crippen LogP) is 4.16. The Morgan fingerprint density at radius 3 is 2.62 bits per heavy atom. The molecule has 4 nitrogen and oxygen atoms in total. The van der Waals surface area contributed by atoms with Crippen LogP contribution in [0.3, 0.4) is 0 Å². The van der Waals surface area contributed by atoms with Crippen LogP contribution in [0.5, 0.6) is 0 Å². The first kappa shape index (κ1) is 18.1. The van der Waals surface area contributed by atoms with Crippen molar-refractivity contribution in [2.45, 2.75) is 32.6 Å². The van der Waals surface area contributed by atoms with Crippen molar-refractivity contribution in [3.8, 4) is 0 Å². The van der Waals surface area contributed by atoms with E-state index in [0.717, 1.165) is 24.9 Å². The number of unbranched alkanes of at least 4 members (excludes halogenated alkanes) is 1. The quantitative estimate of drug-likeness (QED) is 0.847. The molecule has 0 aromatic heterocycles. The van der Waals surface area contributed by atoms with Crippen molar-refractivity contribution in [1.82, 2.24) is 0 Å². The highest BCUT2D eigenvalue weighted by Crippen LogP contribution is 2.27. The van der Waals surface area contributed by atoms with Gasteiger partial charge >= 0.3 is 0 Å². The summed E-state index contributed by atoms with van der Waals surface area (Å²) < 4.78 is 13.7. The van der Waals surface area contributed by atoms with Crippen LogP contribution in [-0.4, -0.2) is 18.4 Å². The molecule has 0 saturated carbocycles. The third kappa shape index (κ3) is 4.10. The summed E-state index contributed by atoms with van der Waals surface area (Å²) in [4.78, 5) is 26.4. The molecule has 26 heavy (non-hydrogen) atoms. The molecule has 1 aliphatic rings. The van der Waals surface area contributed by atoms with E-state index in [-0.39, 0.29) is 23.9 Å². The van der Waals surface area contributed by atoms with E-state index in [4.69, 9.17) is 0 Å². The molecule has 0 spiro atoms. The zero-order valence-corrected chi connectivity index (χ0v) is 14.9. The lowest BCUT2D eigenvalue weighted by molar-refractivity contribution is -0.122. The average molecular weight is 354 g/mol. The maximum atomic E-state index is 13.7. The summed E-state index contributed by atoms with van der Waals surface area (Å²) >= 11 is 0. The minimum Gasteiger partial charge on any atom is -0.323 e. The number of carbonyl (C=O) groups excluding carboxylic acids is 2. The van der Waals surface area contributed by atoms with Crippen LogP contribution in [-0.2, 0) is 16.0 Å². The summed E-state index contributed by atoms with van der Waals surface area (Å²) in [6, 6.07) is 14.0. The molecule has 136 valence electrons. The van der Waals surface area contributed by atoms with Crippen molar-refractivity contribution in [3.05, 3.63) is 59.9 Å². The van der Waals surface area contributed by atoms with Gasteiger partial charge in [-0.15, -0.1) is 0 Å². The number of nitrogens with one attached hydrogen (secondary N) is 1. The molecular weight excluding hydrogens is 331 g/mol. The zero-order valence-electron chi connectivity index (χ0n) is 14.9. The largest absolute Gasteiger partial charge is 0.323 e. The Kier molecular flexibility index (Phi) is 5.66. The van der Waals surface area contributed by atoms with Crippen LogP contribution in [0, 0.1) is 11.7 Å². The standard InChI is InChI=1S/C21H23FN2O2/c1-2-3-6-15-9-11-17(12-10-15)24-14-16(13-20(24)25)21(26)23-19-8-5-4-7-18(19)22/h4-5,7-12,16H,2-3,6,13-14H2,1H3,(H,23,26)/t16-/m0/s1. The van der Waals surface area contributed by atoms with Gasteiger partial charge in [-0.05, 0) is 42.7 Å². The third-order valence-corrected chi connectivity index (χ3v) is 4.69. The van der Waals surface area contributed by atoms with Crippen LogP contribution in [0.1, 0.15) is 31.7 Å². The Balaban J connectivity index is 1.64. The first-order valence-electron chi connectivity index (χ1n) is 9.03. The fourth-order valence-electron chi connectivity index (χ4n) is 3.15. The minimum absolute atomic E-state index is 0.0833. The summed E-state index contributed by atoms with van der Waals surface area (Å²) in [7, 11) is 0. The van der Waals surface area contributed by atoms with Crippen LogP contribution in [0.2, 0.25) is 0 Å². The van der Waals surface area contributed by atoms with Gasteiger partial charge in [-0.25, -0.2) is 4.39 Å². The number of benzene rings is 2. The van der Waals surface area contributed by atoms with E-state index < -0.39 is 11.7 Å². The molecule has 0 bridgehead atoms. The second-order valence-corrected chi connectivity index (χ2v) is 6.64. The van der Waals surface area contributed by atoms with Crippen LogP contribution in [0.4, 0.5) is 15.8 Å². The molecule has 0 unspecified atom stereocenters. The van der Waals surface area contributed by atoms with E-state index in [9.17, 15) is 14.0 Å². The van der Waals surface area contributed by atoms with Crippen LogP contribution in [0.15, 0.2) is 48.5 Å². The minimum atomic E-state index is -0.484. The van der Waals surface area contributed by atoms with Gasteiger partial charge in [0.1, 0.15) is 5.82 Å². The van der Waals surface area contributed by atoms with E-state index in [2.05, 4.69) is 12.2 Å². The number of amides is 2. The van der Waals surface area contributed by atoms with Crippen molar-refractivity contribution >= 4 is 23.2 Å². The molecular formula is C21H23FN2O2. The molecule has 5 heteroatoms. The van der Waals surface area contributed by atoms with Gasteiger partial charge in [0.15, 0.2) is 0 Å². The molecule has 1 atom stereocenters. The van der Waals surface area contributed by atoms with Crippen molar-refractivity contribution in [2.75, 3.05) is 16.8 Å². The van der Waals surface area contributed by atoms with Gasteiger partial charge in [-0.3, -0.25) is 9.59 Å². The van der Waals surface area contributed by atoms with Gasteiger partial charge < -0.3 is 10.2 Å². The Bertz CT molecular complexity index is 789. The van der Waals surface area contributed by atoms with Gasteiger partial charge in [0.25, 0.3) is 0 Å². The monoisotopic (exact) mass is 354 g/mol. The fraction of sp³-hybridized carbons (Fsp3) is 0.333. The molecule has 1 saturated heterocycles. The summed E-state index contributed by atoms with van der Waals surface area (Å²) in [5.41, 5.74) is 2.19. The number of halogens is 1. The zero-order chi connectivity index (χ0) is 18.5. The topological polar surface area (TPSA) is 49.4 Å². The highest BCUT2D eigenvalue weighted by molar-refractivity contribution is 6.03. The number of anilines is 2. The molecule has 2 amide bonds. The Morgan fingerprint density at radius 2 is 1.92 bits per heavy atom. The lowest BCUT2D eigenvalue weighted by atomic mass is 10.1. The number of aryl methyl sites for hydroxylation is 1. The number of para-hydroxylation sites is 1. The lowest BCUT2D eigenvalue weighted by Gasteiger charge is -2.17. The molecule has 3 rings (SSSR count). The van der Waals surface area contributed by atoms with E-state index >= 15 is 0 Å². The Morgan fingerprint density at radius 1 is 1.19 bits per heavy atom. The smallest absolute Gasteiger partial charge is 0.229 e. The van der Waals surface area contributed by atoms with Gasteiger partial charge in [0, 0.05) is 18.7 Å². The second-order valence-electron chi connectivity index (χ2n) is 6.64. The number of rotatable bonds is 6. The van der Waals surface area contributed by atoms with Crippen molar-refractivity contribution < 1.29 is 14.0 Å². The fourth-order valence-corrected chi connectivity index (χ4v) is 3.15. The van der Waals surface area contributed by atoms with Gasteiger partial charge in [-0.2, -0.15) is 0 Å². The molecule has 1 heterocycles. The summed E-state index contributed by atoms with van der Waals surface area (Å²) in [5.74, 6) is -1.38. The van der Waals surface area contributed by atoms with E-state index in [1.54, 1.807) is 17.0 Å². The van der Waals surface area contributed by atoms with E-state index in [0.29, 0.717) is 6.54 Å². The Hall–Kier alpha value is -2.69. The number of hydrogen-bond acceptors (Lipinski definition) is 2. The summed E-state index contributed by atoms with van der Waals surface area (Å²) in [6.07, 6.45) is 3.45. The molecule has 1 N–H and O–H groups in total. The summed E-state index contributed by atoms with van der Waals surface area (Å²) in [5, 5.41) is 2.58. The Labute approximate surface area is 153 Å². The van der Waals surface area contributed by atoms with Crippen LogP contribution in [0.25, 0.3) is 0 Å². The second kappa shape index (κ2) is 8.13. The van der Waals surface area contributed by atoms with Crippen molar-refractivity contribution in [3.63, 3.8) is 0 Å². The first-order chi connectivity index (χ1) is 12.6. The molecule has 0 radical (unpaired) electrons. The lowest BCUT2D eigenvalue weighted by Crippen LogP contribution is -2.28. The average Bonchev–Trinajstić information content (AvgIpc) is 3.04. The molecule has 1 aliphatic heterocycles. The molecule has 2 aromatic carbocycles. The third-order valence-electron chi connectivity index (χ3n) is 4.69. The molecule has 1 fully saturated rings. The van der Waals surface area contributed by atoms with E-state index in [1.165, 1.54) is 17.7 Å².